The van der Waals surface area contributed by atoms with Gasteiger partial charge < -0.3 is 0 Å². The highest BCUT2D eigenvalue weighted by molar-refractivity contribution is 7.90. The molecule has 0 aliphatic heterocycles. The molecule has 1 N–H and O–H groups in total. The number of benzene rings is 1. The third-order valence-electron chi connectivity index (χ3n) is 2.48. The van der Waals surface area contributed by atoms with Crippen LogP contribution >= 0.6 is 0 Å². The van der Waals surface area contributed by atoms with Gasteiger partial charge in [0.25, 0.3) is 5.91 Å². The van der Waals surface area contributed by atoms with Gasteiger partial charge in [0.15, 0.2) is 0 Å². The van der Waals surface area contributed by atoms with Gasteiger partial charge in [-0.1, -0.05) is 18.2 Å². The first kappa shape index (κ1) is 13.2. The Morgan fingerprint density at radius 3 is 2.84 bits per heavy atom. The summed E-state index contributed by atoms with van der Waals surface area (Å²) in [5, 5.41) is 0.608. The molecule has 0 spiro atoms. The fraction of sp³-hybridized carbons (Fsp3) is 0.0769. The molecular weight excluding hydrogens is 264 g/mol. The molecule has 0 saturated heterocycles. The van der Waals surface area contributed by atoms with E-state index in [0.717, 1.165) is 0 Å². The van der Waals surface area contributed by atoms with Gasteiger partial charge in [-0.3, -0.25) is 9.78 Å². The van der Waals surface area contributed by atoms with Crippen LogP contribution in [0.4, 0.5) is 0 Å². The Bertz CT molecular complexity index is 733. The molecule has 0 aliphatic rings. The molecule has 5 nitrogen and oxygen atoms in total. The van der Waals surface area contributed by atoms with Crippen molar-refractivity contribution in [2.24, 2.45) is 0 Å². The van der Waals surface area contributed by atoms with Gasteiger partial charge in [-0.05, 0) is 18.2 Å². The summed E-state index contributed by atoms with van der Waals surface area (Å²) in [5.41, 5.74) is 0.912. The highest BCUT2D eigenvalue weighted by atomic mass is 32.2. The minimum atomic E-state index is -3.69. The van der Waals surface area contributed by atoms with Crippen LogP contribution in [-0.4, -0.2) is 25.1 Å². The average molecular weight is 276 g/mol. The van der Waals surface area contributed by atoms with Crippen molar-refractivity contribution in [3.05, 3.63) is 54.7 Å². The number of sulfonamides is 1. The van der Waals surface area contributed by atoms with Crippen LogP contribution in [0.25, 0.3) is 10.9 Å². The zero-order valence-electron chi connectivity index (χ0n) is 10.0. The fourth-order valence-corrected chi connectivity index (χ4v) is 2.48. The minimum absolute atomic E-state index is 0.276. The summed E-state index contributed by atoms with van der Waals surface area (Å²) in [6, 6.07) is 8.38. The van der Waals surface area contributed by atoms with Gasteiger partial charge in [0, 0.05) is 17.1 Å². The van der Waals surface area contributed by atoms with Crippen LogP contribution in [0.2, 0.25) is 0 Å². The number of carbonyl (C=O) groups excluding carboxylic acids is 1. The van der Waals surface area contributed by atoms with Gasteiger partial charge in [0.05, 0.1) is 11.3 Å². The molecule has 2 rings (SSSR count). The number of fused-ring (bicyclic) bond motifs is 1. The second-order valence-electron chi connectivity index (χ2n) is 3.88. The normalized spacial score (nSPS) is 11.2. The summed E-state index contributed by atoms with van der Waals surface area (Å²) in [4.78, 5) is 16.1. The number of nitrogens with one attached hydrogen (secondary N) is 1. The number of rotatable bonds is 4. The first-order chi connectivity index (χ1) is 9.03. The molecule has 0 saturated carbocycles. The number of pyridine rings is 1. The summed E-state index contributed by atoms with van der Waals surface area (Å²) in [6.45, 7) is 3.34. The monoisotopic (exact) mass is 276 g/mol. The predicted octanol–water partition coefficient (Wildman–Crippen LogP) is 1.48. The standard InChI is InChI=1S/C13H12N2O3S/c1-2-9-19(17,18)15-13(16)11-5-3-7-12-10(11)6-4-8-14-12/h2-8H,1,9H2,(H,15,16). The molecule has 0 bridgehead atoms. The maximum Gasteiger partial charge on any atom is 0.265 e. The van der Waals surface area contributed by atoms with Gasteiger partial charge in [-0.15, -0.1) is 6.58 Å². The Hall–Kier alpha value is -2.21. The summed E-state index contributed by atoms with van der Waals surface area (Å²) in [7, 11) is -3.69. The number of nitrogens with zero attached hydrogens (tertiary/aromatic N) is 1. The van der Waals surface area contributed by atoms with Gasteiger partial charge in [0.2, 0.25) is 10.0 Å². The third kappa shape index (κ3) is 2.97. The molecule has 0 atom stereocenters. The third-order valence-corrected chi connectivity index (χ3v) is 3.65. The van der Waals surface area contributed by atoms with Gasteiger partial charge in [-0.2, -0.15) is 0 Å². The SMILES string of the molecule is C=CCS(=O)(=O)NC(=O)c1cccc2ncccc12. The predicted molar refractivity (Wildman–Crippen MR) is 73.2 cm³/mol. The molecule has 0 unspecified atom stereocenters. The van der Waals surface area contributed by atoms with Crippen molar-refractivity contribution in [1.82, 2.24) is 9.71 Å². The number of carbonyl (C=O) groups is 1. The van der Waals surface area contributed by atoms with Crippen LogP contribution < -0.4 is 4.72 Å². The van der Waals surface area contributed by atoms with E-state index in [0.29, 0.717) is 10.9 Å². The second kappa shape index (κ2) is 5.19. The van der Waals surface area contributed by atoms with Crippen LogP contribution in [0, 0.1) is 0 Å². The van der Waals surface area contributed by atoms with Crippen molar-refractivity contribution >= 4 is 26.8 Å². The maximum absolute atomic E-state index is 12.0. The quantitative estimate of drug-likeness (QED) is 0.858. The van der Waals surface area contributed by atoms with E-state index in [1.165, 1.54) is 6.08 Å². The maximum atomic E-state index is 12.0. The van der Waals surface area contributed by atoms with Crippen molar-refractivity contribution in [2.75, 3.05) is 5.75 Å². The van der Waals surface area contributed by atoms with E-state index in [9.17, 15) is 13.2 Å². The Morgan fingerprint density at radius 1 is 1.32 bits per heavy atom. The van der Waals surface area contributed by atoms with E-state index in [1.54, 1.807) is 36.5 Å². The molecule has 98 valence electrons. The number of hydrogen-bond donors (Lipinski definition) is 1. The zero-order valence-corrected chi connectivity index (χ0v) is 10.9. The summed E-state index contributed by atoms with van der Waals surface area (Å²) in [6.07, 6.45) is 2.83. The molecule has 0 fully saturated rings. The van der Waals surface area contributed by atoms with Crippen molar-refractivity contribution in [3.8, 4) is 0 Å². The number of hydrogen-bond acceptors (Lipinski definition) is 4. The van der Waals surface area contributed by atoms with Crippen molar-refractivity contribution in [3.63, 3.8) is 0 Å². The molecule has 6 heteroatoms. The molecule has 1 heterocycles. The van der Waals surface area contributed by atoms with Crippen LogP contribution in [0.3, 0.4) is 0 Å². The van der Waals surface area contributed by atoms with Crippen molar-refractivity contribution in [2.45, 2.75) is 0 Å². The Labute approximate surface area is 111 Å². The largest absolute Gasteiger partial charge is 0.268 e. The van der Waals surface area contributed by atoms with Crippen LogP contribution in [0.15, 0.2) is 49.2 Å². The lowest BCUT2D eigenvalue weighted by Crippen LogP contribution is -2.32. The molecule has 19 heavy (non-hydrogen) atoms. The summed E-state index contributed by atoms with van der Waals surface area (Å²) >= 11 is 0. The van der Waals surface area contributed by atoms with E-state index in [4.69, 9.17) is 0 Å². The molecule has 1 amide bonds. The molecule has 0 radical (unpaired) electrons. The van der Waals surface area contributed by atoms with Gasteiger partial charge >= 0.3 is 0 Å². The molecule has 0 aliphatic carbocycles. The Morgan fingerprint density at radius 2 is 2.11 bits per heavy atom. The van der Waals surface area contributed by atoms with Crippen LogP contribution in [0.1, 0.15) is 10.4 Å². The topological polar surface area (TPSA) is 76.1 Å². The van der Waals surface area contributed by atoms with Gasteiger partial charge in [-0.25, -0.2) is 13.1 Å². The molecule has 1 aromatic heterocycles. The highest BCUT2D eigenvalue weighted by Gasteiger charge is 2.16. The van der Waals surface area contributed by atoms with E-state index in [1.807, 2.05) is 4.72 Å². The highest BCUT2D eigenvalue weighted by Crippen LogP contribution is 2.16. The van der Waals surface area contributed by atoms with Crippen molar-refractivity contribution in [1.29, 1.82) is 0 Å². The Kier molecular flexibility index (Phi) is 3.62. The fourth-order valence-electron chi connectivity index (χ4n) is 1.69. The van der Waals surface area contributed by atoms with E-state index in [2.05, 4.69) is 11.6 Å². The van der Waals surface area contributed by atoms with Crippen LogP contribution in [-0.2, 0) is 10.0 Å². The smallest absolute Gasteiger partial charge is 0.265 e. The van der Waals surface area contributed by atoms with Crippen LogP contribution in [0.5, 0.6) is 0 Å². The molecule has 2 aromatic rings. The lowest BCUT2D eigenvalue weighted by Gasteiger charge is -2.07. The Balaban J connectivity index is 2.40. The number of amides is 1. The number of aromatic nitrogens is 1. The lowest BCUT2D eigenvalue weighted by molar-refractivity contribution is 0.0983. The second-order valence-corrected chi connectivity index (χ2v) is 5.64. The average Bonchev–Trinajstić information content (AvgIpc) is 2.37. The first-order valence-corrected chi connectivity index (χ1v) is 7.18. The van der Waals surface area contributed by atoms with Crippen molar-refractivity contribution < 1.29 is 13.2 Å². The zero-order chi connectivity index (χ0) is 13.9. The van der Waals surface area contributed by atoms with E-state index in [-0.39, 0.29) is 11.3 Å². The van der Waals surface area contributed by atoms with E-state index < -0.39 is 15.9 Å². The van der Waals surface area contributed by atoms with Gasteiger partial charge in [0.1, 0.15) is 0 Å². The molecular formula is C13H12N2O3S. The molecule has 1 aromatic carbocycles. The minimum Gasteiger partial charge on any atom is -0.268 e. The summed E-state index contributed by atoms with van der Waals surface area (Å²) in [5.74, 6) is -0.970. The lowest BCUT2D eigenvalue weighted by atomic mass is 10.1. The van der Waals surface area contributed by atoms with E-state index >= 15 is 0 Å². The summed E-state index contributed by atoms with van der Waals surface area (Å²) < 4.78 is 25.1. The first-order valence-electron chi connectivity index (χ1n) is 5.53.